The van der Waals surface area contributed by atoms with E-state index in [1.165, 1.54) is 36.0 Å². The van der Waals surface area contributed by atoms with Gasteiger partial charge in [-0.1, -0.05) is 91.0 Å². The summed E-state index contributed by atoms with van der Waals surface area (Å²) in [6.07, 6.45) is 6.24. The van der Waals surface area contributed by atoms with Crippen LogP contribution in [-0.4, -0.2) is 82.2 Å². The Kier molecular flexibility index (Phi) is 14.6. The maximum absolute atomic E-state index is 9.19. The summed E-state index contributed by atoms with van der Waals surface area (Å²) in [7, 11) is -3.86. The molecule has 3 heterocycles. The molecule has 2 bridgehead atoms. The number of ether oxygens (including phenoxy) is 2. The molecular weight excluding hydrogens is 689 g/mol. The van der Waals surface area contributed by atoms with Crippen LogP contribution in [0.15, 0.2) is 109 Å². The summed E-state index contributed by atoms with van der Waals surface area (Å²) >= 11 is 0. The second kappa shape index (κ2) is 18.6. The van der Waals surface area contributed by atoms with Crippen molar-refractivity contribution in [1.29, 1.82) is 0 Å². The van der Waals surface area contributed by atoms with E-state index in [-0.39, 0.29) is 5.92 Å². The van der Waals surface area contributed by atoms with E-state index in [1.807, 2.05) is 12.1 Å². The third-order valence-corrected chi connectivity index (χ3v) is 9.34. The predicted octanol–water partition coefficient (Wildman–Crippen LogP) is 6.10. The van der Waals surface area contributed by atoms with Gasteiger partial charge in [0.2, 0.25) is 0 Å². The van der Waals surface area contributed by atoms with Gasteiger partial charge in [0.15, 0.2) is 0 Å². The van der Waals surface area contributed by atoms with Crippen LogP contribution in [0.1, 0.15) is 47.4 Å². The Morgan fingerprint density at radius 3 is 1.82 bits per heavy atom. The monoisotopic (exact) mass is 738 g/mol. The van der Waals surface area contributed by atoms with Gasteiger partial charge in [-0.3, -0.25) is 14.0 Å². The summed E-state index contributed by atoms with van der Waals surface area (Å²) in [4.78, 5) is 2.87. The van der Waals surface area contributed by atoms with Crippen LogP contribution < -0.4 is 14.8 Å². The summed E-state index contributed by atoms with van der Waals surface area (Å²) in [5.74, 6) is 2.67. The fraction of sp³-hybridized carbons (Fsp3) is 0.385. The van der Waals surface area contributed by atoms with Crippen LogP contribution in [-0.2, 0) is 33.2 Å². The van der Waals surface area contributed by atoms with Gasteiger partial charge in [-0.25, -0.2) is 0 Å². The first kappa shape index (κ1) is 40.0. The molecule has 3 N–H and O–H groups in total. The lowest BCUT2D eigenvalue weighted by molar-refractivity contribution is -0.0418. The molecule has 7 rings (SSSR count). The number of hydrogen-bond acceptors (Lipinski definition) is 8. The molecule has 3 saturated heterocycles. The molecule has 5 unspecified atom stereocenters. The molecule has 3 aliphatic heterocycles. The topological polar surface area (TPSA) is 142 Å². The highest BCUT2D eigenvalue weighted by molar-refractivity contribution is 7.85. The minimum Gasteiger partial charge on any atom is -0.497 e. The van der Waals surface area contributed by atoms with Crippen LogP contribution in [0.5, 0.6) is 11.5 Å². The van der Waals surface area contributed by atoms with Crippen LogP contribution in [0, 0.1) is 5.92 Å². The second-order valence-electron chi connectivity index (χ2n) is 13.0. The van der Waals surface area contributed by atoms with E-state index >= 15 is 0 Å². The van der Waals surface area contributed by atoms with Gasteiger partial charge in [0.05, 0.1) is 26.7 Å². The standard InChI is InChI=1S/C37H42N2O2.2CH4O3S/c1-40-33-20-21-34(41-2)31(25-33)26-38-36-30-22-23-39(32(24-30)19-18-27-12-6-3-7-13-27)37(36)35(28-14-8-4-9-15-28)29-16-10-5-11-17-29;2*1-5(2,3)4/h3-17,20-21,25,30,32,35-38H,18-19,22-24,26H2,1-2H3;2*1H3,(H,2,3,4). The zero-order valence-electron chi connectivity index (χ0n) is 29.6. The van der Waals surface area contributed by atoms with Crippen molar-refractivity contribution in [2.75, 3.05) is 33.3 Å². The van der Waals surface area contributed by atoms with Gasteiger partial charge < -0.3 is 14.8 Å². The molecule has 276 valence electrons. The van der Waals surface area contributed by atoms with Gasteiger partial charge in [-0.2, -0.15) is 16.8 Å². The summed E-state index contributed by atoms with van der Waals surface area (Å²) < 4.78 is 63.0. The molecule has 0 aliphatic carbocycles. The first-order valence-corrected chi connectivity index (χ1v) is 20.6. The molecule has 3 fully saturated rings. The molecule has 10 nitrogen and oxygen atoms in total. The molecule has 0 aromatic heterocycles. The molecule has 12 heteroatoms. The van der Waals surface area contributed by atoms with Crippen molar-refractivity contribution < 1.29 is 35.4 Å². The Labute approximate surface area is 303 Å². The summed E-state index contributed by atoms with van der Waals surface area (Å²) in [5, 5.41) is 4.08. The Morgan fingerprint density at radius 2 is 1.31 bits per heavy atom. The van der Waals surface area contributed by atoms with E-state index in [0.29, 0.717) is 36.6 Å². The van der Waals surface area contributed by atoms with Crippen molar-refractivity contribution in [3.8, 4) is 11.5 Å². The van der Waals surface area contributed by atoms with E-state index in [1.54, 1.807) is 14.2 Å². The zero-order chi connectivity index (χ0) is 37.0. The Balaban J connectivity index is 0.000000516. The van der Waals surface area contributed by atoms with Crippen molar-refractivity contribution in [1.82, 2.24) is 10.2 Å². The maximum Gasteiger partial charge on any atom is 0.261 e. The Morgan fingerprint density at radius 1 is 0.784 bits per heavy atom. The van der Waals surface area contributed by atoms with Crippen LogP contribution in [0.25, 0.3) is 0 Å². The van der Waals surface area contributed by atoms with E-state index in [4.69, 9.17) is 18.6 Å². The number of piperidine rings is 3. The SMILES string of the molecule is COc1ccc(OC)c(CNC2C3CCN(C(CCc4ccccc4)C3)C2C(c2ccccc2)c2ccccc2)c1.CS(=O)(=O)O.CS(=O)(=O)O. The maximum atomic E-state index is 9.19. The van der Waals surface area contributed by atoms with Gasteiger partial charge in [0, 0.05) is 36.2 Å². The number of aryl methyl sites for hydroxylation is 1. The van der Waals surface area contributed by atoms with E-state index < -0.39 is 20.2 Å². The van der Waals surface area contributed by atoms with Crippen LogP contribution in [0.2, 0.25) is 0 Å². The highest BCUT2D eigenvalue weighted by atomic mass is 32.2. The lowest BCUT2D eigenvalue weighted by atomic mass is 9.67. The molecule has 0 saturated carbocycles. The van der Waals surface area contributed by atoms with Crippen molar-refractivity contribution in [2.45, 2.75) is 56.3 Å². The fourth-order valence-electron chi connectivity index (χ4n) is 7.41. The molecule has 0 amide bonds. The highest BCUT2D eigenvalue weighted by Gasteiger charge is 2.50. The van der Waals surface area contributed by atoms with Gasteiger partial charge in [-0.05, 0) is 73.0 Å². The number of fused-ring (bicyclic) bond motifs is 3. The number of rotatable bonds is 11. The lowest BCUT2D eigenvalue weighted by Crippen LogP contribution is -2.67. The normalized spacial score (nSPS) is 21.1. The van der Waals surface area contributed by atoms with Crippen molar-refractivity contribution in [3.05, 3.63) is 131 Å². The summed E-state index contributed by atoms with van der Waals surface area (Å²) in [5.41, 5.74) is 5.36. The fourth-order valence-corrected chi connectivity index (χ4v) is 7.41. The number of nitrogens with zero attached hydrogens (tertiary/aromatic N) is 1. The van der Waals surface area contributed by atoms with Gasteiger partial charge in [-0.15, -0.1) is 0 Å². The predicted molar refractivity (Wildman–Crippen MR) is 202 cm³/mol. The third-order valence-electron chi connectivity index (χ3n) is 9.34. The molecule has 4 aromatic rings. The average molecular weight is 739 g/mol. The molecule has 51 heavy (non-hydrogen) atoms. The van der Waals surface area contributed by atoms with Gasteiger partial charge >= 0.3 is 0 Å². The van der Waals surface area contributed by atoms with Crippen LogP contribution >= 0.6 is 0 Å². The minimum atomic E-state index is -3.67. The molecule has 0 spiro atoms. The molecule has 0 radical (unpaired) electrons. The van der Waals surface area contributed by atoms with Crippen molar-refractivity contribution in [2.24, 2.45) is 5.92 Å². The molecule has 5 atom stereocenters. The minimum absolute atomic E-state index is 0.282. The zero-order valence-corrected chi connectivity index (χ0v) is 31.3. The van der Waals surface area contributed by atoms with Crippen molar-refractivity contribution >= 4 is 20.2 Å². The molecule has 4 aromatic carbocycles. The van der Waals surface area contributed by atoms with Crippen LogP contribution in [0.4, 0.5) is 0 Å². The Hall–Kier alpha value is -3.78. The second-order valence-corrected chi connectivity index (χ2v) is 16.0. The summed E-state index contributed by atoms with van der Waals surface area (Å²) in [6, 6.07) is 40.7. The number of hydrogen-bond donors (Lipinski definition) is 3. The number of nitrogens with one attached hydrogen (secondary N) is 1. The molecular formula is C39H50N2O8S2. The third kappa shape index (κ3) is 12.7. The number of methoxy groups -OCH3 is 2. The first-order valence-electron chi connectivity index (χ1n) is 16.9. The molecule has 3 aliphatic rings. The smallest absolute Gasteiger partial charge is 0.261 e. The van der Waals surface area contributed by atoms with Crippen LogP contribution in [0.3, 0.4) is 0 Å². The highest BCUT2D eigenvalue weighted by Crippen LogP contribution is 2.45. The lowest BCUT2D eigenvalue weighted by Gasteiger charge is -2.58. The van der Waals surface area contributed by atoms with Crippen molar-refractivity contribution in [3.63, 3.8) is 0 Å². The van der Waals surface area contributed by atoms with Gasteiger partial charge in [0.1, 0.15) is 11.5 Å². The Bertz CT molecular complexity index is 1780. The summed E-state index contributed by atoms with van der Waals surface area (Å²) in [6.45, 7) is 1.91. The average Bonchev–Trinajstić information content (AvgIpc) is 3.10. The quantitative estimate of drug-likeness (QED) is 0.155. The first-order chi connectivity index (χ1) is 24.2. The number of benzene rings is 4. The van der Waals surface area contributed by atoms with E-state index in [0.717, 1.165) is 36.6 Å². The van der Waals surface area contributed by atoms with Gasteiger partial charge in [0.25, 0.3) is 20.2 Å². The largest absolute Gasteiger partial charge is 0.497 e. The van der Waals surface area contributed by atoms with E-state index in [9.17, 15) is 16.8 Å². The van der Waals surface area contributed by atoms with E-state index in [2.05, 4.69) is 107 Å².